The van der Waals surface area contributed by atoms with E-state index in [0.717, 1.165) is 0 Å². The number of carbonyl (C=O) groups is 2. The summed E-state index contributed by atoms with van der Waals surface area (Å²) in [5.41, 5.74) is 0. The number of amides is 1. The van der Waals surface area contributed by atoms with Crippen LogP contribution in [0, 0.1) is 12.3 Å². The van der Waals surface area contributed by atoms with Gasteiger partial charge in [0.2, 0.25) is 0 Å². The van der Waals surface area contributed by atoms with Gasteiger partial charge >= 0.3 is 5.97 Å². The average molecular weight is 210 g/mol. The van der Waals surface area contributed by atoms with Gasteiger partial charge in [-0.15, -0.1) is 6.42 Å². The molecule has 1 amide bonds. The molecule has 5 nitrogen and oxygen atoms in total. The second kappa shape index (κ2) is 5.37. The van der Waals surface area contributed by atoms with Gasteiger partial charge in [-0.05, 0) is 12.8 Å². The fourth-order valence-corrected chi connectivity index (χ4v) is 1.48. The number of carbonyl (C=O) groups excluding carboxylic acids is 2. The van der Waals surface area contributed by atoms with E-state index in [4.69, 9.17) is 11.2 Å². The molecule has 1 saturated heterocycles. The molecule has 1 aliphatic heterocycles. The Kier molecular flexibility index (Phi) is 4.13. The Morgan fingerprint density at radius 2 is 2.40 bits per heavy atom. The first-order valence-corrected chi connectivity index (χ1v) is 4.85. The van der Waals surface area contributed by atoms with Gasteiger partial charge in [-0.25, -0.2) is 4.79 Å². The molecule has 0 bridgehead atoms. The molecule has 0 aliphatic carbocycles. The molecule has 1 unspecified atom stereocenters. The number of hydrogen-bond donors (Lipinski definition) is 1. The number of ether oxygens (including phenoxy) is 1. The first-order chi connectivity index (χ1) is 7.20. The van der Waals surface area contributed by atoms with Crippen LogP contribution in [0.2, 0.25) is 0 Å². The summed E-state index contributed by atoms with van der Waals surface area (Å²) >= 11 is 0. The number of piperazine rings is 1. The van der Waals surface area contributed by atoms with Gasteiger partial charge in [0.15, 0.2) is 0 Å². The molecule has 5 heteroatoms. The molecule has 0 saturated carbocycles. The zero-order valence-electron chi connectivity index (χ0n) is 8.66. The van der Waals surface area contributed by atoms with Crippen LogP contribution in [0.1, 0.15) is 6.92 Å². The summed E-state index contributed by atoms with van der Waals surface area (Å²) in [7, 11) is 0. The van der Waals surface area contributed by atoms with Gasteiger partial charge in [-0.3, -0.25) is 4.79 Å². The van der Waals surface area contributed by atoms with Crippen LogP contribution < -0.4 is 5.32 Å². The third-order valence-electron chi connectivity index (χ3n) is 2.19. The predicted molar refractivity (Wildman–Crippen MR) is 53.8 cm³/mol. The summed E-state index contributed by atoms with van der Waals surface area (Å²) in [6.07, 6.45) is 5.03. The van der Waals surface area contributed by atoms with Crippen LogP contribution in [-0.2, 0) is 14.3 Å². The van der Waals surface area contributed by atoms with Gasteiger partial charge in [0.05, 0.1) is 6.61 Å². The highest BCUT2D eigenvalue weighted by atomic mass is 16.5. The Balaban J connectivity index is 2.70. The molecule has 1 aliphatic rings. The van der Waals surface area contributed by atoms with Crippen molar-refractivity contribution in [3.05, 3.63) is 0 Å². The van der Waals surface area contributed by atoms with Gasteiger partial charge in [-0.1, -0.05) is 0 Å². The van der Waals surface area contributed by atoms with E-state index in [1.165, 1.54) is 4.90 Å². The van der Waals surface area contributed by atoms with E-state index < -0.39 is 17.9 Å². The van der Waals surface area contributed by atoms with Gasteiger partial charge < -0.3 is 15.0 Å². The fraction of sp³-hybridized carbons (Fsp3) is 0.600. The number of nitrogens with zero attached hydrogens (tertiary/aromatic N) is 1. The minimum Gasteiger partial charge on any atom is -0.464 e. The second-order valence-corrected chi connectivity index (χ2v) is 3.11. The largest absolute Gasteiger partial charge is 0.464 e. The third kappa shape index (κ3) is 2.70. The SMILES string of the molecule is C#CC(=O)N1CCNCC1C(=O)OCC. The Bertz CT molecular complexity index is 296. The molecule has 1 N–H and O–H groups in total. The van der Waals surface area contributed by atoms with Crippen molar-refractivity contribution >= 4 is 11.9 Å². The maximum absolute atomic E-state index is 11.5. The Morgan fingerprint density at radius 1 is 1.67 bits per heavy atom. The standard InChI is InChI=1S/C10H14N2O3/c1-3-9(13)12-6-5-11-7-8(12)10(14)15-4-2/h1,8,11H,4-7H2,2H3. The summed E-state index contributed by atoms with van der Waals surface area (Å²) in [6, 6.07) is -0.595. The number of esters is 1. The lowest BCUT2D eigenvalue weighted by Crippen LogP contribution is -2.57. The van der Waals surface area contributed by atoms with E-state index in [-0.39, 0.29) is 0 Å². The van der Waals surface area contributed by atoms with Crippen LogP contribution in [-0.4, -0.2) is 49.1 Å². The Morgan fingerprint density at radius 3 is 3.00 bits per heavy atom. The highest BCUT2D eigenvalue weighted by molar-refractivity contribution is 5.96. The summed E-state index contributed by atoms with van der Waals surface area (Å²) in [5, 5.41) is 3.02. The quantitative estimate of drug-likeness (QED) is 0.468. The smallest absolute Gasteiger partial charge is 0.330 e. The highest BCUT2D eigenvalue weighted by Crippen LogP contribution is 2.05. The average Bonchev–Trinajstić information content (AvgIpc) is 2.28. The van der Waals surface area contributed by atoms with Crippen molar-refractivity contribution in [1.29, 1.82) is 0 Å². The van der Waals surface area contributed by atoms with E-state index in [0.29, 0.717) is 26.2 Å². The van der Waals surface area contributed by atoms with Crippen molar-refractivity contribution in [2.75, 3.05) is 26.2 Å². The van der Waals surface area contributed by atoms with E-state index >= 15 is 0 Å². The number of rotatable bonds is 2. The van der Waals surface area contributed by atoms with E-state index in [2.05, 4.69) is 5.32 Å². The van der Waals surface area contributed by atoms with Gasteiger partial charge in [0.1, 0.15) is 6.04 Å². The van der Waals surface area contributed by atoms with E-state index in [1.807, 2.05) is 5.92 Å². The van der Waals surface area contributed by atoms with Crippen LogP contribution in [0.3, 0.4) is 0 Å². The van der Waals surface area contributed by atoms with Crippen LogP contribution >= 0.6 is 0 Å². The maximum atomic E-state index is 11.5. The molecular weight excluding hydrogens is 196 g/mol. The molecule has 1 atom stereocenters. The van der Waals surface area contributed by atoms with Crippen molar-refractivity contribution in [2.24, 2.45) is 0 Å². The molecule has 0 aromatic heterocycles. The van der Waals surface area contributed by atoms with Crippen LogP contribution in [0.25, 0.3) is 0 Å². The van der Waals surface area contributed by atoms with Gasteiger partial charge in [0, 0.05) is 19.6 Å². The molecule has 1 fully saturated rings. The highest BCUT2D eigenvalue weighted by Gasteiger charge is 2.32. The topological polar surface area (TPSA) is 58.6 Å². The van der Waals surface area contributed by atoms with Gasteiger partial charge in [-0.2, -0.15) is 0 Å². The molecule has 0 aromatic carbocycles. The summed E-state index contributed by atoms with van der Waals surface area (Å²) in [4.78, 5) is 24.2. The van der Waals surface area contributed by atoms with Crippen molar-refractivity contribution in [3.8, 4) is 12.3 Å². The molecule has 15 heavy (non-hydrogen) atoms. The first kappa shape index (κ1) is 11.5. The minimum atomic E-state index is -0.595. The maximum Gasteiger partial charge on any atom is 0.330 e. The molecule has 1 rings (SSSR count). The Hall–Kier alpha value is -1.54. The lowest BCUT2D eigenvalue weighted by atomic mass is 10.2. The predicted octanol–water partition coefficient (Wildman–Crippen LogP) is -1.02. The van der Waals surface area contributed by atoms with Crippen LogP contribution in [0.15, 0.2) is 0 Å². The lowest BCUT2D eigenvalue weighted by Gasteiger charge is -2.32. The summed E-state index contributed by atoms with van der Waals surface area (Å²) in [5.74, 6) is 1.14. The zero-order valence-corrected chi connectivity index (χ0v) is 8.66. The van der Waals surface area contributed by atoms with Crippen LogP contribution in [0.4, 0.5) is 0 Å². The van der Waals surface area contributed by atoms with Crippen molar-refractivity contribution in [3.63, 3.8) is 0 Å². The lowest BCUT2D eigenvalue weighted by molar-refractivity contribution is -0.154. The number of terminal acetylenes is 1. The minimum absolute atomic E-state index is 0.299. The zero-order chi connectivity index (χ0) is 11.3. The summed E-state index contributed by atoms with van der Waals surface area (Å²) < 4.78 is 4.86. The van der Waals surface area contributed by atoms with Gasteiger partial charge in [0.25, 0.3) is 5.91 Å². The van der Waals surface area contributed by atoms with E-state index in [9.17, 15) is 9.59 Å². The fourth-order valence-electron chi connectivity index (χ4n) is 1.48. The first-order valence-electron chi connectivity index (χ1n) is 4.85. The monoisotopic (exact) mass is 210 g/mol. The van der Waals surface area contributed by atoms with Crippen molar-refractivity contribution in [2.45, 2.75) is 13.0 Å². The molecule has 0 radical (unpaired) electrons. The van der Waals surface area contributed by atoms with Crippen molar-refractivity contribution < 1.29 is 14.3 Å². The molecular formula is C10H14N2O3. The third-order valence-corrected chi connectivity index (χ3v) is 2.19. The second-order valence-electron chi connectivity index (χ2n) is 3.11. The van der Waals surface area contributed by atoms with E-state index in [1.54, 1.807) is 6.92 Å². The number of hydrogen-bond acceptors (Lipinski definition) is 4. The number of nitrogens with one attached hydrogen (secondary N) is 1. The molecule has 0 aromatic rings. The normalized spacial score (nSPS) is 20.5. The molecule has 1 heterocycles. The summed E-state index contributed by atoms with van der Waals surface area (Å²) in [6.45, 7) is 3.50. The molecule has 0 spiro atoms. The molecule has 82 valence electrons. The van der Waals surface area contributed by atoms with Crippen molar-refractivity contribution in [1.82, 2.24) is 10.2 Å². The Labute approximate surface area is 88.8 Å². The van der Waals surface area contributed by atoms with Crippen LogP contribution in [0.5, 0.6) is 0 Å².